The summed E-state index contributed by atoms with van der Waals surface area (Å²) >= 11 is 0. The van der Waals surface area contributed by atoms with Gasteiger partial charge in [-0.3, -0.25) is 0 Å². The molecule has 1 aromatic heterocycles. The van der Waals surface area contributed by atoms with Crippen LogP contribution in [-0.2, 0) is 27.9 Å². The van der Waals surface area contributed by atoms with E-state index in [2.05, 4.69) is 22.4 Å². The van der Waals surface area contributed by atoms with Crippen molar-refractivity contribution in [2.75, 3.05) is 25.0 Å². The Labute approximate surface area is 161 Å². The summed E-state index contributed by atoms with van der Waals surface area (Å²) in [6.07, 6.45) is 4.39. The summed E-state index contributed by atoms with van der Waals surface area (Å²) < 4.78 is 32.2. The molecule has 0 aliphatic carbocycles. The molecule has 0 atom stereocenters. The number of anilines is 1. The zero-order chi connectivity index (χ0) is 19.1. The number of hydrogen-bond donors (Lipinski definition) is 1. The fourth-order valence-electron chi connectivity index (χ4n) is 3.06. The molecule has 1 N–H and O–H groups in total. The van der Waals surface area contributed by atoms with E-state index in [0.717, 1.165) is 30.4 Å². The minimum atomic E-state index is -3.43. The summed E-state index contributed by atoms with van der Waals surface area (Å²) in [6, 6.07) is 11.6. The van der Waals surface area contributed by atoms with E-state index in [-0.39, 0.29) is 4.90 Å². The summed E-state index contributed by atoms with van der Waals surface area (Å²) in [5.74, 6) is 0.658. The molecule has 1 fully saturated rings. The molecule has 0 bridgehead atoms. The Kier molecular flexibility index (Phi) is 6.82. The third kappa shape index (κ3) is 5.28. The maximum atomic E-state index is 12.6. The minimum Gasteiger partial charge on any atom is -0.377 e. The zero-order valence-corrected chi connectivity index (χ0v) is 16.5. The quantitative estimate of drug-likeness (QED) is 0.749. The molecular weight excluding hydrogens is 362 g/mol. The summed E-state index contributed by atoms with van der Waals surface area (Å²) in [4.78, 5) is 4.54. The summed E-state index contributed by atoms with van der Waals surface area (Å²) in [7, 11) is -3.43. The molecule has 6 nitrogen and oxygen atoms in total. The van der Waals surface area contributed by atoms with E-state index in [1.165, 1.54) is 6.20 Å². The number of rotatable bonds is 8. The summed E-state index contributed by atoms with van der Waals surface area (Å²) in [5, 5.41) is 3.23. The van der Waals surface area contributed by atoms with Crippen molar-refractivity contribution in [3.05, 3.63) is 53.7 Å². The number of piperidine rings is 1. The highest BCUT2D eigenvalue weighted by atomic mass is 32.2. The Morgan fingerprint density at radius 1 is 1.04 bits per heavy atom. The lowest BCUT2D eigenvalue weighted by Crippen LogP contribution is -2.35. The third-order valence-corrected chi connectivity index (χ3v) is 6.54. The fourth-order valence-corrected chi connectivity index (χ4v) is 4.52. The number of aromatic nitrogens is 1. The predicted molar refractivity (Wildman–Crippen MR) is 106 cm³/mol. The smallest absolute Gasteiger partial charge is 0.244 e. The van der Waals surface area contributed by atoms with Crippen molar-refractivity contribution >= 4 is 15.8 Å². The molecule has 0 amide bonds. The van der Waals surface area contributed by atoms with Crippen LogP contribution in [0.15, 0.2) is 47.5 Å². The van der Waals surface area contributed by atoms with E-state index in [0.29, 0.717) is 38.7 Å². The lowest BCUT2D eigenvalue weighted by Gasteiger charge is -2.25. The van der Waals surface area contributed by atoms with E-state index in [1.807, 2.05) is 19.1 Å². The molecule has 2 heterocycles. The fraction of sp³-hybridized carbons (Fsp3) is 0.450. The Bertz CT molecular complexity index is 815. The molecule has 1 saturated heterocycles. The van der Waals surface area contributed by atoms with Gasteiger partial charge in [0.15, 0.2) is 0 Å². The van der Waals surface area contributed by atoms with Crippen LogP contribution in [0.4, 0.5) is 5.82 Å². The molecule has 0 radical (unpaired) electrons. The first kappa shape index (κ1) is 19.8. The number of nitrogens with one attached hydrogen (secondary N) is 1. The lowest BCUT2D eigenvalue weighted by molar-refractivity contribution is 0.134. The van der Waals surface area contributed by atoms with Crippen LogP contribution in [0.2, 0.25) is 0 Å². The van der Waals surface area contributed by atoms with Crippen molar-refractivity contribution in [2.24, 2.45) is 0 Å². The van der Waals surface area contributed by atoms with E-state index < -0.39 is 10.0 Å². The van der Waals surface area contributed by atoms with Gasteiger partial charge in [0.1, 0.15) is 10.7 Å². The van der Waals surface area contributed by atoms with Gasteiger partial charge < -0.3 is 10.1 Å². The Morgan fingerprint density at radius 3 is 2.37 bits per heavy atom. The number of hydrogen-bond acceptors (Lipinski definition) is 5. The van der Waals surface area contributed by atoms with Gasteiger partial charge in [0.2, 0.25) is 10.0 Å². The highest BCUT2D eigenvalue weighted by molar-refractivity contribution is 7.89. The van der Waals surface area contributed by atoms with Crippen molar-refractivity contribution < 1.29 is 13.2 Å². The van der Waals surface area contributed by atoms with Gasteiger partial charge in [-0.05, 0) is 43.0 Å². The third-order valence-electron chi connectivity index (χ3n) is 4.66. The van der Waals surface area contributed by atoms with E-state index in [1.54, 1.807) is 16.4 Å². The molecule has 27 heavy (non-hydrogen) atoms. The van der Waals surface area contributed by atoms with Gasteiger partial charge in [0, 0.05) is 32.4 Å². The van der Waals surface area contributed by atoms with Crippen molar-refractivity contribution in [1.29, 1.82) is 0 Å². The zero-order valence-electron chi connectivity index (χ0n) is 15.7. The number of ether oxygens (including phenoxy) is 1. The molecule has 3 rings (SSSR count). The van der Waals surface area contributed by atoms with E-state index in [4.69, 9.17) is 4.74 Å². The highest BCUT2D eigenvalue weighted by Crippen LogP contribution is 2.21. The van der Waals surface area contributed by atoms with Crippen molar-refractivity contribution in [3.63, 3.8) is 0 Å². The second-order valence-corrected chi connectivity index (χ2v) is 8.59. The van der Waals surface area contributed by atoms with Gasteiger partial charge in [0.05, 0.1) is 6.61 Å². The van der Waals surface area contributed by atoms with Crippen LogP contribution in [0.3, 0.4) is 0 Å². The predicted octanol–water partition coefficient (Wildman–Crippen LogP) is 3.40. The topological polar surface area (TPSA) is 71.5 Å². The molecule has 1 aromatic carbocycles. The highest BCUT2D eigenvalue weighted by Gasteiger charge is 2.26. The molecule has 7 heteroatoms. The van der Waals surface area contributed by atoms with Gasteiger partial charge in [-0.15, -0.1) is 0 Å². The van der Waals surface area contributed by atoms with Gasteiger partial charge in [-0.25, -0.2) is 13.4 Å². The molecule has 1 aliphatic heterocycles. The first-order valence-corrected chi connectivity index (χ1v) is 10.9. The first-order chi connectivity index (χ1) is 13.1. The second kappa shape index (κ2) is 9.30. The van der Waals surface area contributed by atoms with Crippen LogP contribution in [-0.4, -0.2) is 37.4 Å². The number of benzene rings is 1. The van der Waals surface area contributed by atoms with Crippen LogP contribution in [0.5, 0.6) is 0 Å². The normalized spacial score (nSPS) is 15.6. The molecule has 2 aromatic rings. The molecule has 0 unspecified atom stereocenters. The van der Waals surface area contributed by atoms with Gasteiger partial charge in [-0.2, -0.15) is 4.31 Å². The summed E-state index contributed by atoms with van der Waals surface area (Å²) in [6.45, 7) is 5.13. The monoisotopic (exact) mass is 389 g/mol. The average molecular weight is 390 g/mol. The number of nitrogens with zero attached hydrogens (tertiary/aromatic N) is 2. The van der Waals surface area contributed by atoms with Gasteiger partial charge in [0.25, 0.3) is 0 Å². The van der Waals surface area contributed by atoms with Crippen LogP contribution in [0.25, 0.3) is 0 Å². The standard InChI is InChI=1S/C20H27N3O3S/c1-2-26-16-18-8-6-17(7-9-18)14-21-20-11-10-19(15-22-20)27(24,25)23-12-4-3-5-13-23/h6-11,15H,2-5,12-14,16H2,1H3,(H,21,22). The Morgan fingerprint density at radius 2 is 1.74 bits per heavy atom. The van der Waals surface area contributed by atoms with E-state index in [9.17, 15) is 8.42 Å². The Hall–Kier alpha value is -1.96. The summed E-state index contributed by atoms with van der Waals surface area (Å²) in [5.41, 5.74) is 2.27. The molecular formula is C20H27N3O3S. The SMILES string of the molecule is CCOCc1ccc(CNc2ccc(S(=O)(=O)N3CCCCC3)cn2)cc1. The van der Waals surface area contributed by atoms with Gasteiger partial charge >= 0.3 is 0 Å². The molecule has 0 spiro atoms. The van der Waals surface area contributed by atoms with Crippen molar-refractivity contribution in [3.8, 4) is 0 Å². The Balaban J connectivity index is 1.57. The average Bonchev–Trinajstić information content (AvgIpc) is 2.72. The van der Waals surface area contributed by atoms with Crippen LogP contribution >= 0.6 is 0 Å². The van der Waals surface area contributed by atoms with Crippen LogP contribution in [0.1, 0.15) is 37.3 Å². The van der Waals surface area contributed by atoms with Gasteiger partial charge in [-0.1, -0.05) is 30.7 Å². The maximum Gasteiger partial charge on any atom is 0.244 e. The molecule has 1 aliphatic rings. The second-order valence-electron chi connectivity index (χ2n) is 6.65. The molecule has 0 saturated carbocycles. The number of sulfonamides is 1. The van der Waals surface area contributed by atoms with Crippen LogP contribution in [0, 0.1) is 0 Å². The molecule has 146 valence electrons. The minimum absolute atomic E-state index is 0.259. The van der Waals surface area contributed by atoms with Crippen molar-refractivity contribution in [1.82, 2.24) is 9.29 Å². The van der Waals surface area contributed by atoms with Crippen molar-refractivity contribution in [2.45, 2.75) is 44.2 Å². The lowest BCUT2D eigenvalue weighted by atomic mass is 10.1. The largest absolute Gasteiger partial charge is 0.377 e. The first-order valence-electron chi connectivity index (χ1n) is 9.45. The van der Waals surface area contributed by atoms with E-state index >= 15 is 0 Å². The van der Waals surface area contributed by atoms with Crippen LogP contribution < -0.4 is 5.32 Å². The maximum absolute atomic E-state index is 12.6. The number of pyridine rings is 1.